The van der Waals surface area contributed by atoms with E-state index in [1.807, 2.05) is 60.7 Å². The molecule has 3 rings (SSSR count). The van der Waals surface area contributed by atoms with Crippen LogP contribution in [0.5, 0.6) is 0 Å². The lowest BCUT2D eigenvalue weighted by Crippen LogP contribution is -2.11. The number of carboxylic acids is 1. The lowest BCUT2D eigenvalue weighted by Gasteiger charge is -2.06. The van der Waals surface area contributed by atoms with Crippen LogP contribution in [0.1, 0.15) is 24.8 Å². The summed E-state index contributed by atoms with van der Waals surface area (Å²) < 4.78 is 0. The molecule has 1 atom stereocenters. The number of nitrogens with zero attached hydrogens (tertiary/aromatic N) is 1. The van der Waals surface area contributed by atoms with Crippen molar-refractivity contribution in [1.29, 1.82) is 0 Å². The van der Waals surface area contributed by atoms with E-state index in [9.17, 15) is 9.59 Å². The molecule has 1 unspecified atom stereocenters. The largest absolute Gasteiger partial charge is 0.481 e. The standard InChI is InChI=1S/C22H21NO3S/c1-15(13-20(25)26)12-18(24)14-19-23-21(16-8-4-2-5-9-16)22(27-19)17-10-6-3-7-11-17/h2-11,15H,12-14H2,1H3,(H,25,26). The zero-order valence-corrected chi connectivity index (χ0v) is 15.9. The Hall–Kier alpha value is -2.79. The molecule has 0 radical (unpaired) electrons. The Balaban J connectivity index is 1.86. The number of ketones is 1. The molecule has 0 aliphatic rings. The molecule has 1 N–H and O–H groups in total. The average Bonchev–Trinajstić information content (AvgIpc) is 3.06. The first-order valence-corrected chi connectivity index (χ1v) is 9.68. The van der Waals surface area contributed by atoms with Gasteiger partial charge in [-0.15, -0.1) is 11.3 Å². The van der Waals surface area contributed by atoms with E-state index in [0.29, 0.717) is 0 Å². The quantitative estimate of drug-likeness (QED) is 0.592. The first-order chi connectivity index (χ1) is 13.0. The minimum absolute atomic E-state index is 0.00808. The van der Waals surface area contributed by atoms with Gasteiger partial charge in [0, 0.05) is 18.4 Å². The number of benzene rings is 2. The molecule has 2 aromatic carbocycles. The van der Waals surface area contributed by atoms with Gasteiger partial charge in [0.25, 0.3) is 0 Å². The summed E-state index contributed by atoms with van der Waals surface area (Å²) in [6.07, 6.45) is 0.503. The van der Waals surface area contributed by atoms with Gasteiger partial charge in [-0.05, 0) is 11.5 Å². The Morgan fingerprint density at radius 3 is 2.15 bits per heavy atom. The van der Waals surface area contributed by atoms with E-state index in [2.05, 4.69) is 0 Å². The summed E-state index contributed by atoms with van der Waals surface area (Å²) in [6.45, 7) is 1.79. The van der Waals surface area contributed by atoms with E-state index in [4.69, 9.17) is 10.1 Å². The molecule has 0 aliphatic heterocycles. The fraction of sp³-hybridized carbons (Fsp3) is 0.227. The number of thiazole rings is 1. The predicted octanol–water partition coefficient (Wildman–Crippen LogP) is 5.09. The van der Waals surface area contributed by atoms with E-state index in [-0.39, 0.29) is 31.0 Å². The van der Waals surface area contributed by atoms with Gasteiger partial charge in [0.05, 0.1) is 17.0 Å². The molecular weight excluding hydrogens is 358 g/mol. The van der Waals surface area contributed by atoms with Crippen LogP contribution < -0.4 is 0 Å². The molecule has 0 spiro atoms. The summed E-state index contributed by atoms with van der Waals surface area (Å²) in [5.74, 6) is -1.02. The average molecular weight is 379 g/mol. The zero-order valence-electron chi connectivity index (χ0n) is 15.1. The van der Waals surface area contributed by atoms with Crippen LogP contribution in [0.3, 0.4) is 0 Å². The number of carbonyl (C=O) groups excluding carboxylic acids is 1. The highest BCUT2D eigenvalue weighted by Gasteiger charge is 2.18. The van der Waals surface area contributed by atoms with Crippen LogP contribution in [0, 0.1) is 5.92 Å². The van der Waals surface area contributed by atoms with Gasteiger partial charge in [0.2, 0.25) is 0 Å². The van der Waals surface area contributed by atoms with Crippen molar-refractivity contribution < 1.29 is 14.7 Å². The molecule has 1 aromatic heterocycles. The van der Waals surface area contributed by atoms with Gasteiger partial charge in [-0.2, -0.15) is 0 Å². The summed E-state index contributed by atoms with van der Waals surface area (Å²) in [5.41, 5.74) is 2.98. The fourth-order valence-electron chi connectivity index (χ4n) is 3.02. The Morgan fingerprint density at radius 1 is 0.963 bits per heavy atom. The van der Waals surface area contributed by atoms with Crippen molar-refractivity contribution in [2.75, 3.05) is 0 Å². The minimum Gasteiger partial charge on any atom is -0.481 e. The Labute approximate surface area is 162 Å². The van der Waals surface area contributed by atoms with Gasteiger partial charge in [-0.3, -0.25) is 9.59 Å². The molecule has 0 fully saturated rings. The number of rotatable bonds is 8. The topological polar surface area (TPSA) is 67.3 Å². The lowest BCUT2D eigenvalue weighted by molar-refractivity contribution is -0.138. The predicted molar refractivity (Wildman–Crippen MR) is 108 cm³/mol. The maximum absolute atomic E-state index is 12.4. The number of hydrogen-bond donors (Lipinski definition) is 1. The van der Waals surface area contributed by atoms with E-state index in [1.54, 1.807) is 6.92 Å². The number of aromatic nitrogens is 1. The molecular formula is C22H21NO3S. The molecule has 27 heavy (non-hydrogen) atoms. The molecule has 1 heterocycles. The fourth-order valence-corrected chi connectivity index (χ4v) is 4.14. The smallest absolute Gasteiger partial charge is 0.303 e. The van der Waals surface area contributed by atoms with Gasteiger partial charge < -0.3 is 5.11 Å². The van der Waals surface area contributed by atoms with E-state index in [0.717, 1.165) is 26.7 Å². The Kier molecular flexibility index (Phi) is 6.14. The highest BCUT2D eigenvalue weighted by atomic mass is 32.1. The lowest BCUT2D eigenvalue weighted by atomic mass is 10.00. The number of carbonyl (C=O) groups is 2. The number of Topliss-reactive ketones (excluding diaryl/α,β-unsaturated/α-hetero) is 1. The highest BCUT2D eigenvalue weighted by molar-refractivity contribution is 7.15. The maximum atomic E-state index is 12.4. The van der Waals surface area contributed by atoms with Gasteiger partial charge in [0.15, 0.2) is 0 Å². The third-order valence-electron chi connectivity index (χ3n) is 4.20. The normalized spacial score (nSPS) is 11.9. The van der Waals surface area contributed by atoms with Crippen molar-refractivity contribution in [2.45, 2.75) is 26.2 Å². The number of hydrogen-bond acceptors (Lipinski definition) is 4. The first-order valence-electron chi connectivity index (χ1n) is 8.87. The molecule has 0 bridgehead atoms. The van der Waals surface area contributed by atoms with Crippen LogP contribution in [0.25, 0.3) is 21.7 Å². The van der Waals surface area contributed by atoms with Gasteiger partial charge in [0.1, 0.15) is 10.8 Å². The highest BCUT2D eigenvalue weighted by Crippen LogP contribution is 2.37. The van der Waals surface area contributed by atoms with Crippen molar-refractivity contribution in [3.63, 3.8) is 0 Å². The van der Waals surface area contributed by atoms with Crippen molar-refractivity contribution >= 4 is 23.1 Å². The monoisotopic (exact) mass is 379 g/mol. The van der Waals surface area contributed by atoms with Crippen molar-refractivity contribution in [1.82, 2.24) is 4.98 Å². The molecule has 5 heteroatoms. The van der Waals surface area contributed by atoms with Crippen LogP contribution in [0.15, 0.2) is 60.7 Å². The van der Waals surface area contributed by atoms with Crippen LogP contribution in [0.2, 0.25) is 0 Å². The number of aliphatic carboxylic acids is 1. The molecule has 3 aromatic rings. The summed E-state index contributed by atoms with van der Waals surface area (Å²) in [5, 5.41) is 9.62. The molecule has 0 aliphatic carbocycles. The Morgan fingerprint density at radius 2 is 1.56 bits per heavy atom. The second kappa shape index (κ2) is 8.73. The van der Waals surface area contributed by atoms with Crippen LogP contribution in [0.4, 0.5) is 0 Å². The van der Waals surface area contributed by atoms with Crippen molar-refractivity contribution in [3.8, 4) is 21.7 Å². The second-order valence-corrected chi connectivity index (χ2v) is 7.72. The van der Waals surface area contributed by atoms with Crippen LogP contribution >= 0.6 is 11.3 Å². The van der Waals surface area contributed by atoms with E-state index >= 15 is 0 Å². The summed E-state index contributed by atoms with van der Waals surface area (Å²) >= 11 is 1.53. The second-order valence-electron chi connectivity index (χ2n) is 6.64. The van der Waals surface area contributed by atoms with E-state index in [1.165, 1.54) is 11.3 Å². The minimum atomic E-state index is -0.873. The van der Waals surface area contributed by atoms with Gasteiger partial charge in [-0.1, -0.05) is 67.6 Å². The summed E-state index contributed by atoms with van der Waals surface area (Å²) in [6, 6.07) is 20.0. The SMILES string of the molecule is CC(CC(=O)O)CC(=O)Cc1nc(-c2ccccc2)c(-c2ccccc2)s1. The number of carboxylic acid groups (broad SMARTS) is 1. The van der Waals surface area contributed by atoms with Crippen LogP contribution in [-0.4, -0.2) is 21.8 Å². The molecule has 0 saturated heterocycles. The van der Waals surface area contributed by atoms with Gasteiger partial charge in [-0.25, -0.2) is 4.98 Å². The van der Waals surface area contributed by atoms with Gasteiger partial charge >= 0.3 is 5.97 Å². The molecule has 0 amide bonds. The Bertz CT molecular complexity index is 862. The van der Waals surface area contributed by atoms with Crippen molar-refractivity contribution in [2.24, 2.45) is 5.92 Å². The summed E-state index contributed by atoms with van der Waals surface area (Å²) in [4.78, 5) is 29.0. The third kappa shape index (κ3) is 5.11. The molecule has 138 valence electrons. The third-order valence-corrected chi connectivity index (χ3v) is 5.31. The molecule has 4 nitrogen and oxygen atoms in total. The zero-order chi connectivity index (χ0) is 19.2. The molecule has 0 saturated carbocycles. The summed E-state index contributed by atoms with van der Waals surface area (Å²) in [7, 11) is 0. The van der Waals surface area contributed by atoms with E-state index < -0.39 is 5.97 Å². The maximum Gasteiger partial charge on any atom is 0.303 e. The van der Waals surface area contributed by atoms with Crippen molar-refractivity contribution in [3.05, 3.63) is 65.7 Å². The first kappa shape index (κ1) is 19.0. The van der Waals surface area contributed by atoms with Crippen LogP contribution in [-0.2, 0) is 16.0 Å².